The van der Waals surface area contributed by atoms with E-state index >= 15 is 0 Å². The molecule has 1 aliphatic heterocycles. The van der Waals surface area contributed by atoms with E-state index in [1.165, 1.54) is 0 Å². The minimum atomic E-state index is -1.61. The number of carbonyl (C=O) groups is 5. The highest BCUT2D eigenvalue weighted by Crippen LogP contribution is 2.28. The monoisotopic (exact) mass is 486 g/mol. The quantitative estimate of drug-likeness (QED) is 0.223. The van der Waals surface area contributed by atoms with Gasteiger partial charge in [0.1, 0.15) is 23.7 Å². The van der Waals surface area contributed by atoms with E-state index in [0.717, 1.165) is 39.8 Å². The molecule has 2 heterocycles. The zero-order chi connectivity index (χ0) is 25.6. The second-order valence-corrected chi connectivity index (χ2v) is 7.00. The highest BCUT2D eigenvalue weighted by molar-refractivity contribution is 5.92. The third-order valence-corrected chi connectivity index (χ3v) is 4.28. The number of amides is 1. The molecule has 0 radical (unpaired) electrons. The second-order valence-electron chi connectivity index (χ2n) is 7.00. The summed E-state index contributed by atoms with van der Waals surface area (Å²) < 4.78 is 31.0. The van der Waals surface area contributed by atoms with Gasteiger partial charge in [0.2, 0.25) is 6.29 Å². The average molecular weight is 486 g/mol. The molecule has 0 unspecified atom stereocenters. The van der Waals surface area contributed by atoms with Gasteiger partial charge in [0.25, 0.3) is 5.91 Å². The lowest BCUT2D eigenvalue weighted by atomic mass is 9.96. The van der Waals surface area contributed by atoms with Gasteiger partial charge in [0.15, 0.2) is 18.0 Å². The minimum Gasteiger partial charge on any atom is -0.463 e. The summed E-state index contributed by atoms with van der Waals surface area (Å²) >= 11 is 0. The van der Waals surface area contributed by atoms with E-state index in [4.69, 9.17) is 28.1 Å². The van der Waals surface area contributed by atoms with Crippen LogP contribution in [0.5, 0.6) is 0 Å². The van der Waals surface area contributed by atoms with Crippen molar-refractivity contribution in [3.8, 4) is 0 Å². The van der Waals surface area contributed by atoms with Crippen molar-refractivity contribution < 1.29 is 57.0 Å². The fourth-order valence-corrected chi connectivity index (χ4v) is 3.09. The molecule has 1 aromatic heterocycles. The third kappa shape index (κ3) is 6.99. The van der Waals surface area contributed by atoms with E-state index in [9.17, 15) is 34.1 Å². The molecule has 1 N–H and O–H groups in total. The Bertz CT molecular complexity index is 971. The Morgan fingerprint density at radius 3 is 2.03 bits per heavy atom. The lowest BCUT2D eigenvalue weighted by Gasteiger charge is -2.44. The van der Waals surface area contributed by atoms with Crippen LogP contribution in [-0.4, -0.2) is 72.0 Å². The van der Waals surface area contributed by atoms with Crippen LogP contribution >= 0.6 is 0 Å². The molecule has 1 saturated heterocycles. The number of nitrogens with one attached hydrogen (secondary N) is 1. The van der Waals surface area contributed by atoms with Crippen LogP contribution in [-0.2, 0) is 42.9 Å². The molecular weight excluding hydrogens is 464 g/mol. The molecule has 186 valence electrons. The molecule has 0 bridgehead atoms. The largest absolute Gasteiger partial charge is 0.463 e. The molecule has 2 rings (SSSR count). The Balaban J connectivity index is 2.44. The zero-order valence-electron chi connectivity index (χ0n) is 18.5. The molecule has 5 atom stereocenters. The first-order valence-electron chi connectivity index (χ1n) is 9.74. The highest BCUT2D eigenvalue weighted by Gasteiger charge is 2.52. The summed E-state index contributed by atoms with van der Waals surface area (Å²) in [6, 6.07) is 0.490. The van der Waals surface area contributed by atoms with E-state index in [0.29, 0.717) is 0 Å². The van der Waals surface area contributed by atoms with Crippen LogP contribution in [0.2, 0.25) is 0 Å². The summed E-state index contributed by atoms with van der Waals surface area (Å²) in [5.41, 5.74) is 0. The maximum absolute atomic E-state index is 12.7. The molecule has 15 heteroatoms. The van der Waals surface area contributed by atoms with Crippen molar-refractivity contribution in [2.24, 2.45) is 0 Å². The maximum Gasteiger partial charge on any atom is 0.433 e. The van der Waals surface area contributed by atoms with Crippen molar-refractivity contribution >= 4 is 35.7 Å². The number of carbonyl (C=O) groups excluding carboxylic acids is 5. The first-order valence-corrected chi connectivity index (χ1v) is 9.74. The topological polar surface area (TPSA) is 200 Å². The summed E-state index contributed by atoms with van der Waals surface area (Å²) in [7, 11) is 0. The second kappa shape index (κ2) is 11.2. The smallest absolute Gasteiger partial charge is 0.433 e. The highest BCUT2D eigenvalue weighted by atomic mass is 16.7. The van der Waals surface area contributed by atoms with Gasteiger partial charge in [0, 0.05) is 27.7 Å². The van der Waals surface area contributed by atoms with Gasteiger partial charge in [-0.3, -0.25) is 34.1 Å². The Labute approximate surface area is 191 Å². The van der Waals surface area contributed by atoms with Gasteiger partial charge < -0.3 is 33.4 Å². The molecule has 0 aliphatic carbocycles. The maximum atomic E-state index is 12.7. The van der Waals surface area contributed by atoms with Gasteiger partial charge in [-0.1, -0.05) is 0 Å². The van der Waals surface area contributed by atoms with E-state index in [-0.39, 0.29) is 0 Å². The third-order valence-electron chi connectivity index (χ3n) is 4.28. The van der Waals surface area contributed by atoms with Crippen molar-refractivity contribution in [2.75, 3.05) is 6.61 Å². The average Bonchev–Trinajstić information content (AvgIpc) is 3.20. The summed E-state index contributed by atoms with van der Waals surface area (Å²) in [4.78, 5) is 69.2. The van der Waals surface area contributed by atoms with Gasteiger partial charge in [0.05, 0.1) is 6.07 Å². The van der Waals surface area contributed by atoms with E-state index in [1.807, 2.05) is 0 Å². The molecule has 1 aliphatic rings. The Morgan fingerprint density at radius 2 is 1.53 bits per heavy atom. The van der Waals surface area contributed by atoms with Crippen molar-refractivity contribution in [3.63, 3.8) is 0 Å². The number of hydrogen-bond donors (Lipinski definition) is 1. The number of ether oxygens (including phenoxy) is 5. The molecule has 1 aromatic rings. The minimum absolute atomic E-state index is 0.478. The van der Waals surface area contributed by atoms with Crippen molar-refractivity contribution in [1.29, 1.82) is 0 Å². The first-order chi connectivity index (χ1) is 15.9. The summed E-state index contributed by atoms with van der Waals surface area (Å²) in [5.74, 6) is -5.44. The molecule has 1 amide bonds. The summed E-state index contributed by atoms with van der Waals surface area (Å²) in [6.07, 6.45) is -5.78. The molecule has 0 aromatic carbocycles. The van der Waals surface area contributed by atoms with Gasteiger partial charge in [-0.15, -0.1) is 0 Å². The standard InChI is InChI=1S/C19H22N2O13/c1-8(22)29-7-13-16(30-9(2)23)17(31-10(3)24)15(19(34-13)32-11(4)25)20-18(26)12-5-6-14(33-12)21(27)28/h5-6,13,15-17,19H,7H2,1-4H3,(H,20,26)/t13-,15+,16-,17-,19-/m1/s1. The van der Waals surface area contributed by atoms with E-state index < -0.39 is 83.6 Å². The number of hydrogen-bond acceptors (Lipinski definition) is 13. The van der Waals surface area contributed by atoms with E-state index in [1.54, 1.807) is 0 Å². The number of furan rings is 1. The van der Waals surface area contributed by atoms with Crippen LogP contribution in [0.25, 0.3) is 0 Å². The van der Waals surface area contributed by atoms with Crippen LogP contribution in [0.15, 0.2) is 16.5 Å². The summed E-state index contributed by atoms with van der Waals surface area (Å²) in [5, 5.41) is 13.2. The molecular formula is C19H22N2O13. The SMILES string of the molecule is CC(=O)OC[C@H]1O[C@@H](OC(C)=O)[C@@H](NC(=O)c2ccc([N+](=O)[O-])o2)[C@@H](OC(C)=O)[C@@H]1OC(C)=O. The lowest BCUT2D eigenvalue weighted by molar-refractivity contribution is -0.402. The number of esters is 4. The summed E-state index contributed by atoms with van der Waals surface area (Å²) in [6.45, 7) is 3.77. The number of nitro groups is 1. The van der Waals surface area contributed by atoms with Gasteiger partial charge in [-0.05, 0) is 6.07 Å². The van der Waals surface area contributed by atoms with Crippen molar-refractivity contribution in [1.82, 2.24) is 5.32 Å². The fourth-order valence-electron chi connectivity index (χ4n) is 3.09. The van der Waals surface area contributed by atoms with E-state index in [2.05, 4.69) is 5.32 Å². The zero-order valence-corrected chi connectivity index (χ0v) is 18.5. The van der Waals surface area contributed by atoms with Gasteiger partial charge >= 0.3 is 29.8 Å². The predicted molar refractivity (Wildman–Crippen MR) is 105 cm³/mol. The Hall–Kier alpha value is -4.01. The number of nitrogens with zero attached hydrogens (tertiary/aromatic N) is 1. The van der Waals surface area contributed by atoms with Gasteiger partial charge in [-0.25, -0.2) is 0 Å². The normalized spacial score (nSPS) is 23.8. The lowest BCUT2D eigenvalue weighted by Crippen LogP contribution is -2.67. The number of rotatable bonds is 8. The van der Waals surface area contributed by atoms with Crippen LogP contribution in [0.1, 0.15) is 38.2 Å². The predicted octanol–water partition coefficient (Wildman–Crippen LogP) is 0.000700. The van der Waals surface area contributed by atoms with Crippen LogP contribution in [0.4, 0.5) is 5.88 Å². The Kier molecular flexibility index (Phi) is 8.66. The van der Waals surface area contributed by atoms with Crippen LogP contribution < -0.4 is 5.32 Å². The molecule has 0 saturated carbocycles. The molecule has 1 fully saturated rings. The van der Waals surface area contributed by atoms with Crippen molar-refractivity contribution in [3.05, 3.63) is 28.0 Å². The first kappa shape index (κ1) is 26.2. The molecule has 0 spiro atoms. The molecule has 15 nitrogen and oxygen atoms in total. The van der Waals surface area contributed by atoms with Crippen molar-refractivity contribution in [2.45, 2.75) is 58.3 Å². The van der Waals surface area contributed by atoms with Gasteiger partial charge in [-0.2, -0.15) is 0 Å². The molecule has 34 heavy (non-hydrogen) atoms. The fraction of sp³-hybridized carbons (Fsp3) is 0.526. The van der Waals surface area contributed by atoms with Crippen LogP contribution in [0, 0.1) is 10.1 Å². The van der Waals surface area contributed by atoms with Crippen LogP contribution in [0.3, 0.4) is 0 Å². The Morgan fingerprint density at radius 1 is 0.941 bits per heavy atom.